The Morgan fingerprint density at radius 1 is 0.534 bits per heavy atom. The van der Waals surface area contributed by atoms with E-state index in [2.05, 4.69) is 123 Å². The lowest BCUT2D eigenvalue weighted by Crippen LogP contribution is -2.29. The zero-order chi connectivity index (χ0) is 42.5. The minimum atomic E-state index is -4.38. The zero-order valence-corrected chi connectivity index (χ0v) is 36.9. The highest BCUT2D eigenvalue weighted by atomic mass is 31.2. The molecular formula is C48H78NO8P. The molecule has 0 saturated heterocycles. The predicted octanol–water partition coefficient (Wildman–Crippen LogP) is 12.8. The molecule has 0 aromatic carbocycles. The molecule has 2 atom stereocenters. The minimum absolute atomic E-state index is 0.0420. The van der Waals surface area contributed by atoms with E-state index in [1.807, 2.05) is 0 Å². The van der Waals surface area contributed by atoms with Gasteiger partial charge in [-0.05, 0) is 83.5 Å². The van der Waals surface area contributed by atoms with Crippen LogP contribution in [0.2, 0.25) is 0 Å². The standard InChI is InChI=1S/C48H78NO8P/c1-3-5-7-9-11-12-13-14-15-16-17-18-19-20-21-22-23-24-25-26-27-28-29-30-31-32-33-34-35-37-39-41-48(51)57-46(45-56-58(52,53)55-43-42-49)44-54-47(50)40-38-36-10-8-6-4-2/h5,7,11-12,14-15,17-18,20-21,23-24,26-27,29-30,32-33,46H,3-4,6,8-10,13,16,19,22,25,28,31,34-45,49H2,1-2H3,(H,52,53)/b7-5-,12-11-,15-14-,18-17-,21-20-,24-23-,27-26-,30-29-,33-32-. The molecule has 9 nitrogen and oxygen atoms in total. The van der Waals surface area contributed by atoms with Crippen LogP contribution in [0.4, 0.5) is 0 Å². The van der Waals surface area contributed by atoms with Crippen LogP contribution < -0.4 is 5.73 Å². The molecule has 10 heteroatoms. The number of ether oxygens (including phenoxy) is 2. The van der Waals surface area contributed by atoms with Crippen molar-refractivity contribution in [1.82, 2.24) is 0 Å². The number of phosphoric ester groups is 1. The van der Waals surface area contributed by atoms with Crippen molar-refractivity contribution >= 4 is 19.8 Å². The minimum Gasteiger partial charge on any atom is -0.462 e. The number of esters is 2. The molecule has 0 rings (SSSR count). The van der Waals surface area contributed by atoms with Crippen molar-refractivity contribution in [1.29, 1.82) is 0 Å². The summed E-state index contributed by atoms with van der Waals surface area (Å²) in [6.07, 6.45) is 57.4. The Labute approximate surface area is 352 Å². The largest absolute Gasteiger partial charge is 0.472 e. The first-order valence-electron chi connectivity index (χ1n) is 21.9. The molecule has 0 aromatic heterocycles. The Morgan fingerprint density at radius 2 is 0.948 bits per heavy atom. The molecule has 0 saturated carbocycles. The van der Waals surface area contributed by atoms with Crippen molar-refractivity contribution in [3.63, 3.8) is 0 Å². The predicted molar refractivity (Wildman–Crippen MR) is 242 cm³/mol. The van der Waals surface area contributed by atoms with Gasteiger partial charge in [0.25, 0.3) is 0 Å². The van der Waals surface area contributed by atoms with E-state index >= 15 is 0 Å². The van der Waals surface area contributed by atoms with E-state index in [0.29, 0.717) is 6.42 Å². The van der Waals surface area contributed by atoms with E-state index in [4.69, 9.17) is 24.3 Å². The average molecular weight is 828 g/mol. The van der Waals surface area contributed by atoms with Crippen molar-refractivity contribution in [2.24, 2.45) is 5.73 Å². The second-order valence-electron chi connectivity index (χ2n) is 13.8. The summed E-state index contributed by atoms with van der Waals surface area (Å²) >= 11 is 0. The molecule has 0 radical (unpaired) electrons. The summed E-state index contributed by atoms with van der Waals surface area (Å²) in [5, 5.41) is 0. The third-order valence-electron chi connectivity index (χ3n) is 8.42. The highest BCUT2D eigenvalue weighted by molar-refractivity contribution is 7.47. The Hall–Kier alpha value is -3.33. The SMILES string of the molecule is CC/C=C\C/C=C\C/C=C\C/C=C\C/C=C\C/C=C\C/C=C\C/C=C\C/C=C\CCCCCC(=O)OC(COC(=O)CCCCCCCC)COP(=O)(O)OCCN. The van der Waals surface area contributed by atoms with Crippen LogP contribution in [0.1, 0.15) is 149 Å². The maximum absolute atomic E-state index is 12.5. The van der Waals surface area contributed by atoms with Crippen LogP contribution in [0.5, 0.6) is 0 Å². The Balaban J connectivity index is 4.10. The number of unbranched alkanes of at least 4 members (excludes halogenated alkanes) is 8. The van der Waals surface area contributed by atoms with E-state index in [1.54, 1.807) is 0 Å². The topological polar surface area (TPSA) is 134 Å². The second kappa shape index (κ2) is 43.3. The van der Waals surface area contributed by atoms with Crippen molar-refractivity contribution in [2.75, 3.05) is 26.4 Å². The van der Waals surface area contributed by atoms with E-state index in [1.165, 1.54) is 6.42 Å². The molecule has 0 fully saturated rings. The molecule has 328 valence electrons. The van der Waals surface area contributed by atoms with Crippen LogP contribution in [0.25, 0.3) is 0 Å². The molecule has 0 spiro atoms. The zero-order valence-electron chi connectivity index (χ0n) is 36.0. The summed E-state index contributed by atoms with van der Waals surface area (Å²) in [7, 11) is -4.38. The van der Waals surface area contributed by atoms with Gasteiger partial charge in [0.1, 0.15) is 6.61 Å². The first kappa shape index (κ1) is 54.7. The molecule has 0 aliphatic heterocycles. The lowest BCUT2D eigenvalue weighted by atomic mass is 10.1. The van der Waals surface area contributed by atoms with Crippen molar-refractivity contribution in [2.45, 2.75) is 155 Å². The fourth-order valence-electron chi connectivity index (χ4n) is 5.21. The molecule has 3 N–H and O–H groups in total. The molecular weight excluding hydrogens is 750 g/mol. The molecule has 0 heterocycles. The van der Waals surface area contributed by atoms with Gasteiger partial charge in [0.2, 0.25) is 0 Å². The summed E-state index contributed by atoms with van der Waals surface area (Å²) in [5.41, 5.74) is 5.32. The van der Waals surface area contributed by atoms with Crippen molar-refractivity contribution < 1.29 is 37.6 Å². The maximum Gasteiger partial charge on any atom is 0.472 e. The molecule has 2 unspecified atom stereocenters. The van der Waals surface area contributed by atoms with Gasteiger partial charge in [0.15, 0.2) is 6.10 Å². The van der Waals surface area contributed by atoms with Gasteiger partial charge >= 0.3 is 19.8 Å². The van der Waals surface area contributed by atoms with Gasteiger partial charge < -0.3 is 20.1 Å². The van der Waals surface area contributed by atoms with Gasteiger partial charge in [0.05, 0.1) is 13.2 Å². The van der Waals surface area contributed by atoms with E-state index in [-0.39, 0.29) is 32.6 Å². The van der Waals surface area contributed by atoms with Crippen LogP contribution in [0.3, 0.4) is 0 Å². The summed E-state index contributed by atoms with van der Waals surface area (Å²) in [6, 6.07) is 0. The van der Waals surface area contributed by atoms with Crippen LogP contribution in [-0.2, 0) is 32.7 Å². The van der Waals surface area contributed by atoms with Gasteiger partial charge in [-0.2, -0.15) is 0 Å². The van der Waals surface area contributed by atoms with Crippen LogP contribution in [0.15, 0.2) is 109 Å². The van der Waals surface area contributed by atoms with Crippen LogP contribution in [0, 0.1) is 0 Å². The average Bonchev–Trinajstić information content (AvgIpc) is 3.21. The summed E-state index contributed by atoms with van der Waals surface area (Å²) in [6.45, 7) is 3.47. The van der Waals surface area contributed by atoms with Gasteiger partial charge in [-0.1, -0.05) is 162 Å². The Kier molecular flexibility index (Phi) is 40.8. The smallest absolute Gasteiger partial charge is 0.462 e. The quantitative estimate of drug-likeness (QED) is 0.0269. The number of nitrogens with two attached hydrogens (primary N) is 1. The number of carbonyl (C=O) groups excluding carboxylic acids is 2. The van der Waals surface area contributed by atoms with E-state index < -0.39 is 32.5 Å². The highest BCUT2D eigenvalue weighted by Crippen LogP contribution is 2.43. The summed E-state index contributed by atoms with van der Waals surface area (Å²) in [5.74, 6) is -0.889. The van der Waals surface area contributed by atoms with Crippen LogP contribution >= 0.6 is 7.82 Å². The number of carbonyl (C=O) groups is 2. The first-order chi connectivity index (χ1) is 28.3. The van der Waals surface area contributed by atoms with E-state index in [9.17, 15) is 19.0 Å². The number of hydrogen-bond acceptors (Lipinski definition) is 8. The summed E-state index contributed by atoms with van der Waals surface area (Å²) in [4.78, 5) is 34.6. The van der Waals surface area contributed by atoms with Gasteiger partial charge in [-0.3, -0.25) is 18.6 Å². The van der Waals surface area contributed by atoms with Gasteiger partial charge in [-0.25, -0.2) is 4.57 Å². The van der Waals surface area contributed by atoms with Crippen molar-refractivity contribution in [3.05, 3.63) is 109 Å². The normalized spacial score (nSPS) is 14.3. The van der Waals surface area contributed by atoms with Crippen LogP contribution in [-0.4, -0.2) is 49.3 Å². The van der Waals surface area contributed by atoms with Gasteiger partial charge in [-0.15, -0.1) is 0 Å². The third-order valence-corrected chi connectivity index (χ3v) is 9.41. The molecule has 0 aromatic rings. The second-order valence-corrected chi connectivity index (χ2v) is 15.3. The fourth-order valence-corrected chi connectivity index (χ4v) is 5.98. The Bertz CT molecular complexity index is 1310. The molecule has 0 aliphatic carbocycles. The fraction of sp³-hybridized carbons (Fsp3) is 0.583. The lowest BCUT2D eigenvalue weighted by molar-refractivity contribution is -0.161. The Morgan fingerprint density at radius 3 is 1.41 bits per heavy atom. The monoisotopic (exact) mass is 828 g/mol. The lowest BCUT2D eigenvalue weighted by Gasteiger charge is -2.19. The number of allylic oxidation sites excluding steroid dienone is 18. The molecule has 58 heavy (non-hydrogen) atoms. The molecule has 0 aliphatic rings. The third kappa shape index (κ3) is 42.3. The highest BCUT2D eigenvalue weighted by Gasteiger charge is 2.25. The van der Waals surface area contributed by atoms with Crippen molar-refractivity contribution in [3.8, 4) is 0 Å². The van der Waals surface area contributed by atoms with E-state index in [0.717, 1.165) is 109 Å². The maximum atomic E-state index is 12.5. The van der Waals surface area contributed by atoms with Gasteiger partial charge in [0, 0.05) is 19.4 Å². The number of hydrogen-bond donors (Lipinski definition) is 2. The molecule has 0 bridgehead atoms. The number of rotatable bonds is 39. The first-order valence-corrected chi connectivity index (χ1v) is 23.4. The summed E-state index contributed by atoms with van der Waals surface area (Å²) < 4.78 is 32.5. The molecule has 0 amide bonds. The number of phosphoric acid groups is 1.